The van der Waals surface area contributed by atoms with Gasteiger partial charge < -0.3 is 34.4 Å². The minimum Gasteiger partial charge on any atom is -0.493 e. The van der Waals surface area contributed by atoms with Gasteiger partial charge in [-0.2, -0.15) is 0 Å². The smallest absolute Gasteiger partial charge is 0.303 e. The summed E-state index contributed by atoms with van der Waals surface area (Å²) in [6.07, 6.45) is 6.16. The van der Waals surface area contributed by atoms with Crippen LogP contribution in [-0.2, 0) is 14.3 Å². The zero-order valence-electron chi connectivity index (χ0n) is 24.5. The molecular weight excluding hydrogens is 514 g/mol. The number of carbonyl (C=O) groups is 3. The first-order valence-electron chi connectivity index (χ1n) is 14.6. The normalized spacial score (nSPS) is 18.8. The Kier molecular flexibility index (Phi) is 12.5. The Labute approximate surface area is 238 Å². The van der Waals surface area contributed by atoms with Crippen molar-refractivity contribution in [2.75, 3.05) is 40.5 Å². The van der Waals surface area contributed by atoms with Gasteiger partial charge in [0.2, 0.25) is 5.91 Å². The van der Waals surface area contributed by atoms with E-state index in [0.717, 1.165) is 38.5 Å². The Morgan fingerprint density at radius 3 is 2.35 bits per heavy atom. The number of nitrogens with zero attached hydrogens (tertiary/aromatic N) is 2. The summed E-state index contributed by atoms with van der Waals surface area (Å²) in [5.74, 6) is 0.312. The highest BCUT2D eigenvalue weighted by atomic mass is 16.5. The van der Waals surface area contributed by atoms with E-state index in [0.29, 0.717) is 62.2 Å². The molecule has 0 bridgehead atoms. The van der Waals surface area contributed by atoms with Crippen molar-refractivity contribution in [1.82, 2.24) is 15.1 Å². The van der Waals surface area contributed by atoms with E-state index in [1.54, 1.807) is 32.4 Å². The van der Waals surface area contributed by atoms with Gasteiger partial charge in [0.25, 0.3) is 5.91 Å². The first kappa shape index (κ1) is 31.7. The van der Waals surface area contributed by atoms with Crippen LogP contribution in [0.2, 0.25) is 0 Å². The molecule has 1 aliphatic carbocycles. The SMILES string of the molecule is COCCCOc1cc(C(=O)N(C(C)C)C2CCC(CCN(C(=O)CCCC(=O)O)C3CC3)NC2)ccc1OC. The maximum atomic E-state index is 13.7. The molecule has 2 aliphatic rings. The van der Waals surface area contributed by atoms with Crippen molar-refractivity contribution in [2.24, 2.45) is 0 Å². The van der Waals surface area contributed by atoms with Gasteiger partial charge in [0.1, 0.15) is 0 Å². The molecule has 1 aromatic rings. The fourth-order valence-corrected chi connectivity index (χ4v) is 5.39. The lowest BCUT2D eigenvalue weighted by atomic mass is 9.95. The number of benzene rings is 1. The zero-order chi connectivity index (χ0) is 29.1. The summed E-state index contributed by atoms with van der Waals surface area (Å²) in [5.41, 5.74) is 0.569. The molecule has 1 saturated carbocycles. The minimum absolute atomic E-state index is 0.0257. The maximum Gasteiger partial charge on any atom is 0.303 e. The second-order valence-corrected chi connectivity index (χ2v) is 11.1. The third-order valence-corrected chi connectivity index (χ3v) is 7.64. The number of amides is 2. The fourth-order valence-electron chi connectivity index (χ4n) is 5.39. The highest BCUT2D eigenvalue weighted by molar-refractivity contribution is 5.95. The number of ether oxygens (including phenoxy) is 3. The van der Waals surface area contributed by atoms with Crippen molar-refractivity contribution < 1.29 is 33.7 Å². The number of carboxylic acid groups (broad SMARTS) is 1. The average Bonchev–Trinajstić information content (AvgIpc) is 3.77. The molecule has 2 amide bonds. The molecule has 1 heterocycles. The Balaban J connectivity index is 1.55. The number of aliphatic carboxylic acids is 1. The number of methoxy groups -OCH3 is 2. The van der Waals surface area contributed by atoms with Crippen LogP contribution in [0.15, 0.2) is 18.2 Å². The molecule has 2 atom stereocenters. The van der Waals surface area contributed by atoms with Crippen LogP contribution in [-0.4, -0.2) is 97.4 Å². The van der Waals surface area contributed by atoms with Crippen LogP contribution in [0.5, 0.6) is 11.5 Å². The van der Waals surface area contributed by atoms with Gasteiger partial charge in [-0.25, -0.2) is 0 Å². The van der Waals surface area contributed by atoms with Crippen LogP contribution >= 0.6 is 0 Å². The molecule has 2 N–H and O–H groups in total. The van der Waals surface area contributed by atoms with Crippen molar-refractivity contribution in [3.63, 3.8) is 0 Å². The molecule has 0 spiro atoms. The monoisotopic (exact) mass is 561 g/mol. The van der Waals surface area contributed by atoms with Gasteiger partial charge >= 0.3 is 5.97 Å². The van der Waals surface area contributed by atoms with E-state index in [2.05, 4.69) is 5.32 Å². The number of nitrogens with one attached hydrogen (secondary N) is 1. The Morgan fingerprint density at radius 1 is 1.00 bits per heavy atom. The van der Waals surface area contributed by atoms with Gasteiger partial charge in [0.05, 0.1) is 13.7 Å². The standard InChI is InChI=1S/C30H47N3O7/c1-21(2)33(30(37)22-9-14-26(39-4)27(19-22)40-18-6-17-38-3)25-11-10-23(31-20-25)15-16-32(24-12-13-24)28(34)7-5-8-29(35)36/h9,14,19,21,23-25,31H,5-8,10-13,15-18,20H2,1-4H3,(H,35,36). The maximum absolute atomic E-state index is 13.7. The van der Waals surface area contributed by atoms with E-state index >= 15 is 0 Å². The summed E-state index contributed by atoms with van der Waals surface area (Å²) in [4.78, 5) is 41.1. The summed E-state index contributed by atoms with van der Waals surface area (Å²) < 4.78 is 16.4. The molecule has 0 aromatic heterocycles. The number of rotatable bonds is 17. The molecule has 1 saturated heterocycles. The Morgan fingerprint density at radius 2 is 1.75 bits per heavy atom. The average molecular weight is 562 g/mol. The second kappa shape index (κ2) is 15.8. The first-order chi connectivity index (χ1) is 19.2. The lowest BCUT2D eigenvalue weighted by molar-refractivity contribution is -0.137. The Hall–Kier alpha value is -2.85. The fraction of sp³-hybridized carbons (Fsp3) is 0.700. The summed E-state index contributed by atoms with van der Waals surface area (Å²) in [6, 6.07) is 6.01. The van der Waals surface area contributed by atoms with Gasteiger partial charge in [-0.3, -0.25) is 14.4 Å². The van der Waals surface area contributed by atoms with Gasteiger partial charge in [0.15, 0.2) is 11.5 Å². The lowest BCUT2D eigenvalue weighted by Crippen LogP contribution is -2.54. The summed E-state index contributed by atoms with van der Waals surface area (Å²) >= 11 is 0. The van der Waals surface area contributed by atoms with Gasteiger partial charge in [0, 0.05) is 75.8 Å². The van der Waals surface area contributed by atoms with Crippen molar-refractivity contribution in [3.05, 3.63) is 23.8 Å². The zero-order valence-corrected chi connectivity index (χ0v) is 24.5. The number of hydrogen-bond donors (Lipinski definition) is 2. The molecule has 1 aliphatic heterocycles. The minimum atomic E-state index is -0.862. The van der Waals surface area contributed by atoms with E-state index in [1.165, 1.54) is 0 Å². The molecule has 224 valence electrons. The molecule has 2 unspecified atom stereocenters. The second-order valence-electron chi connectivity index (χ2n) is 11.1. The molecule has 1 aromatic carbocycles. The largest absolute Gasteiger partial charge is 0.493 e. The van der Waals surface area contributed by atoms with Crippen molar-refractivity contribution >= 4 is 17.8 Å². The third kappa shape index (κ3) is 9.37. The summed E-state index contributed by atoms with van der Waals surface area (Å²) in [7, 11) is 3.24. The topological polar surface area (TPSA) is 118 Å². The van der Waals surface area contributed by atoms with Crippen molar-refractivity contribution in [3.8, 4) is 11.5 Å². The highest BCUT2D eigenvalue weighted by Crippen LogP contribution is 2.31. The quantitative estimate of drug-likeness (QED) is 0.277. The summed E-state index contributed by atoms with van der Waals surface area (Å²) in [6.45, 7) is 6.53. The predicted octanol–water partition coefficient (Wildman–Crippen LogP) is 3.72. The first-order valence-corrected chi connectivity index (χ1v) is 14.6. The van der Waals surface area contributed by atoms with E-state index in [1.807, 2.05) is 23.6 Å². The summed E-state index contributed by atoms with van der Waals surface area (Å²) in [5, 5.41) is 12.5. The number of piperidine rings is 1. The molecule has 0 radical (unpaired) electrons. The van der Waals surface area contributed by atoms with E-state index < -0.39 is 5.97 Å². The van der Waals surface area contributed by atoms with E-state index in [4.69, 9.17) is 19.3 Å². The number of hydrogen-bond acceptors (Lipinski definition) is 7. The highest BCUT2D eigenvalue weighted by Gasteiger charge is 2.34. The van der Waals surface area contributed by atoms with Crippen LogP contribution < -0.4 is 14.8 Å². The Bertz CT molecular complexity index is 974. The molecule has 40 heavy (non-hydrogen) atoms. The van der Waals surface area contributed by atoms with Crippen LogP contribution in [0.3, 0.4) is 0 Å². The number of carbonyl (C=O) groups excluding carboxylic acids is 2. The molecule has 10 nitrogen and oxygen atoms in total. The van der Waals surface area contributed by atoms with Gasteiger partial charge in [-0.15, -0.1) is 0 Å². The van der Waals surface area contributed by atoms with Crippen LogP contribution in [0.25, 0.3) is 0 Å². The van der Waals surface area contributed by atoms with Gasteiger partial charge in [-0.1, -0.05) is 0 Å². The van der Waals surface area contributed by atoms with Crippen LogP contribution in [0.1, 0.15) is 82.0 Å². The predicted molar refractivity (Wildman–Crippen MR) is 152 cm³/mol. The van der Waals surface area contributed by atoms with Crippen LogP contribution in [0, 0.1) is 0 Å². The number of carboxylic acids is 1. The lowest BCUT2D eigenvalue weighted by Gasteiger charge is -2.40. The van der Waals surface area contributed by atoms with E-state index in [9.17, 15) is 14.4 Å². The molecule has 10 heteroatoms. The van der Waals surface area contributed by atoms with Gasteiger partial charge in [-0.05, 0) is 70.6 Å². The van der Waals surface area contributed by atoms with E-state index in [-0.39, 0.29) is 36.4 Å². The third-order valence-electron chi connectivity index (χ3n) is 7.64. The van der Waals surface area contributed by atoms with Crippen LogP contribution in [0.4, 0.5) is 0 Å². The molecule has 3 rings (SSSR count). The molecule has 2 fully saturated rings. The van der Waals surface area contributed by atoms with Crippen molar-refractivity contribution in [2.45, 2.75) is 95.8 Å². The molecular formula is C30H47N3O7. The van der Waals surface area contributed by atoms with Crippen molar-refractivity contribution in [1.29, 1.82) is 0 Å².